The average molecular weight is 389 g/mol. The molecular formula is C20H21ClN2O4. The molecule has 1 amide bonds. The van der Waals surface area contributed by atoms with Crippen molar-refractivity contribution in [2.75, 3.05) is 26.1 Å². The number of ether oxygens (including phenoxy) is 2. The maximum absolute atomic E-state index is 12.6. The number of hydrogen-bond acceptors (Lipinski definition) is 5. The van der Waals surface area contributed by atoms with E-state index in [4.69, 9.17) is 21.1 Å². The van der Waals surface area contributed by atoms with Gasteiger partial charge in [0.05, 0.1) is 26.5 Å². The summed E-state index contributed by atoms with van der Waals surface area (Å²) in [4.78, 5) is 26.7. The first-order valence-corrected chi connectivity index (χ1v) is 8.91. The molecule has 0 bridgehead atoms. The summed E-state index contributed by atoms with van der Waals surface area (Å²) < 4.78 is 10.2. The summed E-state index contributed by atoms with van der Waals surface area (Å²) in [5.74, 6) is -0.0947. The van der Waals surface area contributed by atoms with Crippen molar-refractivity contribution in [3.05, 3.63) is 58.6 Å². The number of hydrogen-bond donors (Lipinski definition) is 1. The van der Waals surface area contributed by atoms with Crippen LogP contribution in [0.5, 0.6) is 5.75 Å². The topological polar surface area (TPSA) is 67.9 Å². The van der Waals surface area contributed by atoms with Crippen molar-refractivity contribution >= 4 is 29.2 Å². The van der Waals surface area contributed by atoms with Crippen LogP contribution < -0.4 is 10.1 Å². The quantitative estimate of drug-likeness (QED) is 0.798. The lowest BCUT2D eigenvalue weighted by atomic mass is 9.94. The Morgan fingerprint density at radius 3 is 2.63 bits per heavy atom. The molecule has 6 nitrogen and oxygen atoms in total. The smallest absolute Gasteiger partial charge is 0.323 e. The highest BCUT2D eigenvalue weighted by molar-refractivity contribution is 6.31. The van der Waals surface area contributed by atoms with Gasteiger partial charge in [0.2, 0.25) is 5.91 Å². The van der Waals surface area contributed by atoms with E-state index in [2.05, 4.69) is 5.32 Å². The molecule has 2 aromatic carbocycles. The van der Waals surface area contributed by atoms with E-state index in [0.717, 1.165) is 11.1 Å². The molecule has 1 heterocycles. The normalized spacial score (nSPS) is 16.3. The van der Waals surface area contributed by atoms with Crippen molar-refractivity contribution in [1.29, 1.82) is 0 Å². The van der Waals surface area contributed by atoms with Gasteiger partial charge >= 0.3 is 5.97 Å². The van der Waals surface area contributed by atoms with E-state index < -0.39 is 6.04 Å². The highest BCUT2D eigenvalue weighted by Gasteiger charge is 2.33. The van der Waals surface area contributed by atoms with Gasteiger partial charge in [-0.25, -0.2) is 0 Å². The summed E-state index contributed by atoms with van der Waals surface area (Å²) in [5.41, 5.74) is 2.69. The van der Waals surface area contributed by atoms with Gasteiger partial charge in [-0.2, -0.15) is 0 Å². The van der Waals surface area contributed by atoms with Crippen LogP contribution >= 0.6 is 11.6 Å². The Morgan fingerprint density at radius 1 is 1.19 bits per heavy atom. The number of nitrogens with zero attached hydrogens (tertiary/aromatic N) is 1. The molecule has 3 rings (SSSR count). The van der Waals surface area contributed by atoms with Crippen molar-refractivity contribution in [3.63, 3.8) is 0 Å². The zero-order valence-corrected chi connectivity index (χ0v) is 16.0. The zero-order chi connectivity index (χ0) is 19.4. The van der Waals surface area contributed by atoms with Crippen molar-refractivity contribution in [1.82, 2.24) is 4.90 Å². The van der Waals surface area contributed by atoms with Crippen LogP contribution in [0.15, 0.2) is 42.5 Å². The largest absolute Gasteiger partial charge is 0.495 e. The number of carbonyl (C=O) groups excluding carboxylic acids is 2. The first-order chi connectivity index (χ1) is 13.0. The number of esters is 1. The van der Waals surface area contributed by atoms with Gasteiger partial charge in [-0.3, -0.25) is 14.5 Å². The van der Waals surface area contributed by atoms with E-state index >= 15 is 0 Å². The van der Waals surface area contributed by atoms with Gasteiger partial charge in [0.25, 0.3) is 0 Å². The van der Waals surface area contributed by atoms with Crippen LogP contribution in [0.1, 0.15) is 11.1 Å². The molecule has 0 saturated carbocycles. The fraction of sp³-hybridized carbons (Fsp3) is 0.300. The third-order valence-corrected chi connectivity index (χ3v) is 4.84. The minimum Gasteiger partial charge on any atom is -0.495 e. The van der Waals surface area contributed by atoms with Crippen LogP contribution in [-0.2, 0) is 27.3 Å². The van der Waals surface area contributed by atoms with Gasteiger partial charge in [0.15, 0.2) is 0 Å². The average Bonchev–Trinajstić information content (AvgIpc) is 2.67. The Bertz CT molecular complexity index is 856. The predicted molar refractivity (Wildman–Crippen MR) is 103 cm³/mol. The standard InChI is InChI=1S/C20H21ClN2O4/c1-26-18-8-7-15(21)10-16(18)22-19(24)12-23-11-14-6-4-3-5-13(14)9-17(23)20(25)27-2/h3-8,10,17H,9,11-12H2,1-2H3,(H,22,24)/t17-/m1/s1. The first-order valence-electron chi connectivity index (χ1n) is 8.54. The highest BCUT2D eigenvalue weighted by Crippen LogP contribution is 2.28. The molecule has 1 aliphatic heterocycles. The van der Waals surface area contributed by atoms with E-state index in [-0.39, 0.29) is 18.4 Å². The zero-order valence-electron chi connectivity index (χ0n) is 15.2. The van der Waals surface area contributed by atoms with E-state index in [0.29, 0.717) is 29.4 Å². The Kier molecular flexibility index (Phi) is 5.98. The summed E-state index contributed by atoms with van der Waals surface area (Å²) >= 11 is 6.01. The fourth-order valence-corrected chi connectivity index (χ4v) is 3.44. The van der Waals surface area contributed by atoms with E-state index in [1.165, 1.54) is 14.2 Å². The molecule has 2 aromatic rings. The third-order valence-electron chi connectivity index (χ3n) is 4.60. The molecule has 0 unspecified atom stereocenters. The number of nitrogens with one attached hydrogen (secondary N) is 1. The number of carbonyl (C=O) groups is 2. The Balaban J connectivity index is 1.77. The highest BCUT2D eigenvalue weighted by atomic mass is 35.5. The lowest BCUT2D eigenvalue weighted by Crippen LogP contribution is -2.49. The second-order valence-electron chi connectivity index (χ2n) is 6.31. The van der Waals surface area contributed by atoms with Crippen molar-refractivity contribution in [2.45, 2.75) is 19.0 Å². The van der Waals surface area contributed by atoms with E-state index in [9.17, 15) is 9.59 Å². The molecule has 142 valence electrons. The third kappa shape index (κ3) is 4.40. The molecule has 27 heavy (non-hydrogen) atoms. The fourth-order valence-electron chi connectivity index (χ4n) is 3.26. The molecule has 0 spiro atoms. The van der Waals surface area contributed by atoms with Gasteiger partial charge in [-0.15, -0.1) is 0 Å². The van der Waals surface area contributed by atoms with Crippen molar-refractivity contribution in [2.24, 2.45) is 0 Å². The molecule has 0 aliphatic carbocycles. The summed E-state index contributed by atoms with van der Waals surface area (Å²) in [6, 6.07) is 12.4. The van der Waals surface area contributed by atoms with Crippen molar-refractivity contribution in [3.8, 4) is 5.75 Å². The molecule has 0 radical (unpaired) electrons. The monoisotopic (exact) mass is 388 g/mol. The predicted octanol–water partition coefficient (Wildman–Crippen LogP) is 2.89. The maximum Gasteiger partial charge on any atom is 0.323 e. The lowest BCUT2D eigenvalue weighted by molar-refractivity contribution is -0.148. The van der Waals surface area contributed by atoms with Crippen LogP contribution in [0.2, 0.25) is 5.02 Å². The second-order valence-corrected chi connectivity index (χ2v) is 6.75. The number of amides is 1. The number of anilines is 1. The van der Waals surface area contributed by atoms with Gasteiger partial charge in [0.1, 0.15) is 11.8 Å². The van der Waals surface area contributed by atoms with Gasteiger partial charge in [-0.1, -0.05) is 35.9 Å². The second kappa shape index (κ2) is 8.41. The summed E-state index contributed by atoms with van der Waals surface area (Å²) in [5, 5.41) is 3.30. The SMILES string of the molecule is COC(=O)[C@H]1Cc2ccccc2CN1CC(=O)Nc1cc(Cl)ccc1OC. The number of benzene rings is 2. The molecular weight excluding hydrogens is 368 g/mol. The number of fused-ring (bicyclic) bond motifs is 1. The molecule has 1 aliphatic rings. The Hall–Kier alpha value is -2.57. The maximum atomic E-state index is 12.6. The molecule has 7 heteroatoms. The molecule has 1 N–H and O–H groups in total. The minimum absolute atomic E-state index is 0.0454. The van der Waals surface area contributed by atoms with Crippen LogP contribution in [0.4, 0.5) is 5.69 Å². The number of rotatable bonds is 5. The van der Waals surface area contributed by atoms with Gasteiger partial charge < -0.3 is 14.8 Å². The van der Waals surface area contributed by atoms with Crippen LogP contribution in [0, 0.1) is 0 Å². The summed E-state index contributed by atoms with van der Waals surface area (Å²) in [6.45, 7) is 0.541. The van der Waals surface area contributed by atoms with Crippen molar-refractivity contribution < 1.29 is 19.1 Å². The van der Waals surface area contributed by atoms with Crippen LogP contribution in [0.3, 0.4) is 0 Å². The van der Waals surface area contributed by atoms with E-state index in [1.54, 1.807) is 18.2 Å². The molecule has 1 atom stereocenters. The van der Waals surface area contributed by atoms with Gasteiger partial charge in [-0.05, 0) is 35.7 Å². The van der Waals surface area contributed by atoms with Crippen LogP contribution in [0.25, 0.3) is 0 Å². The first kappa shape index (κ1) is 19.2. The van der Waals surface area contributed by atoms with Crippen LogP contribution in [-0.4, -0.2) is 43.6 Å². The minimum atomic E-state index is -0.503. The summed E-state index contributed by atoms with van der Waals surface area (Å²) in [6.07, 6.45) is 0.511. The number of methoxy groups -OCH3 is 2. The lowest BCUT2D eigenvalue weighted by Gasteiger charge is -2.34. The molecule has 0 fully saturated rings. The Morgan fingerprint density at radius 2 is 1.93 bits per heavy atom. The number of halogens is 1. The molecule has 0 saturated heterocycles. The Labute approximate surface area is 163 Å². The van der Waals surface area contributed by atoms with E-state index in [1.807, 2.05) is 29.2 Å². The van der Waals surface area contributed by atoms with Gasteiger partial charge in [0, 0.05) is 11.6 Å². The molecule has 0 aromatic heterocycles. The summed E-state index contributed by atoms with van der Waals surface area (Å²) in [7, 11) is 2.88.